The molecule has 144 valence electrons. The van der Waals surface area contributed by atoms with Crippen molar-refractivity contribution in [1.82, 2.24) is 19.5 Å². The van der Waals surface area contributed by atoms with Gasteiger partial charge in [0.05, 0.1) is 6.26 Å². The predicted molar refractivity (Wildman–Crippen MR) is 91.3 cm³/mol. The molecule has 1 atom stereocenters. The van der Waals surface area contributed by atoms with Gasteiger partial charge in [-0.1, -0.05) is 0 Å². The van der Waals surface area contributed by atoms with Crippen LogP contribution in [0.3, 0.4) is 0 Å². The summed E-state index contributed by atoms with van der Waals surface area (Å²) < 4.78 is 45.7. The zero-order chi connectivity index (χ0) is 19.8. The number of hydrogen-bond acceptors (Lipinski definition) is 4. The van der Waals surface area contributed by atoms with E-state index in [1.54, 1.807) is 19.4 Å². The van der Waals surface area contributed by atoms with E-state index in [0.717, 1.165) is 11.8 Å². The van der Waals surface area contributed by atoms with Crippen molar-refractivity contribution in [2.45, 2.75) is 38.9 Å². The van der Waals surface area contributed by atoms with E-state index in [-0.39, 0.29) is 23.1 Å². The van der Waals surface area contributed by atoms with Crippen molar-refractivity contribution in [2.24, 2.45) is 0 Å². The number of fused-ring (bicyclic) bond motifs is 1. The number of nitrogens with zero attached hydrogens (tertiary/aromatic N) is 4. The van der Waals surface area contributed by atoms with Gasteiger partial charge < -0.3 is 9.32 Å². The van der Waals surface area contributed by atoms with Gasteiger partial charge in [0.15, 0.2) is 11.3 Å². The Bertz CT molecular complexity index is 948. The summed E-state index contributed by atoms with van der Waals surface area (Å²) in [4.78, 5) is 18.2. The zero-order valence-electron chi connectivity index (χ0n) is 15.1. The Morgan fingerprint density at radius 2 is 2.11 bits per heavy atom. The van der Waals surface area contributed by atoms with Crippen LogP contribution in [0.2, 0.25) is 0 Å². The van der Waals surface area contributed by atoms with Crippen LogP contribution >= 0.6 is 0 Å². The van der Waals surface area contributed by atoms with Crippen LogP contribution in [0, 0.1) is 6.92 Å². The van der Waals surface area contributed by atoms with Gasteiger partial charge in [0.25, 0.3) is 5.91 Å². The van der Waals surface area contributed by atoms with E-state index < -0.39 is 17.8 Å². The highest BCUT2D eigenvalue weighted by Gasteiger charge is 2.35. The standard InChI is InChI=1S/C18H19F3N4O2/c1-11-9-15(18(19,20)21)25-16(22-11)10-14(23-25)17(26)24(3)12(2)6-7-13-5-4-8-27-13/h4-5,8-10,12H,6-7H2,1-3H3. The number of aryl methyl sites for hydroxylation is 2. The van der Waals surface area contributed by atoms with E-state index in [1.807, 2.05) is 13.0 Å². The second kappa shape index (κ2) is 7.05. The summed E-state index contributed by atoms with van der Waals surface area (Å²) in [6.07, 6.45) is -1.72. The average molecular weight is 380 g/mol. The Morgan fingerprint density at radius 3 is 2.74 bits per heavy atom. The first kappa shape index (κ1) is 18.9. The van der Waals surface area contributed by atoms with Crippen LogP contribution in [-0.2, 0) is 12.6 Å². The minimum Gasteiger partial charge on any atom is -0.469 e. The maximum atomic E-state index is 13.2. The SMILES string of the molecule is Cc1cc(C(F)(F)F)n2nc(C(=O)N(C)C(C)CCc3ccco3)cc2n1. The topological polar surface area (TPSA) is 63.6 Å². The van der Waals surface area contributed by atoms with Gasteiger partial charge in [-0.05, 0) is 38.5 Å². The summed E-state index contributed by atoms with van der Waals surface area (Å²) in [5, 5.41) is 3.86. The molecular weight excluding hydrogens is 361 g/mol. The third-order valence-corrected chi connectivity index (χ3v) is 4.43. The Morgan fingerprint density at radius 1 is 1.37 bits per heavy atom. The third kappa shape index (κ3) is 3.96. The number of aromatic nitrogens is 3. The highest BCUT2D eigenvalue weighted by molar-refractivity contribution is 5.93. The number of furan rings is 1. The monoisotopic (exact) mass is 380 g/mol. The van der Waals surface area contributed by atoms with Crippen molar-refractivity contribution in [1.29, 1.82) is 0 Å². The smallest absolute Gasteiger partial charge is 0.433 e. The maximum absolute atomic E-state index is 13.2. The number of carbonyl (C=O) groups is 1. The molecule has 3 heterocycles. The van der Waals surface area contributed by atoms with Crippen LogP contribution in [0.1, 0.15) is 41.0 Å². The number of halogens is 3. The van der Waals surface area contributed by atoms with Crippen LogP contribution < -0.4 is 0 Å². The van der Waals surface area contributed by atoms with Gasteiger partial charge in [-0.3, -0.25) is 4.79 Å². The molecule has 0 aliphatic carbocycles. The second-order valence-electron chi connectivity index (χ2n) is 6.46. The minimum atomic E-state index is -4.60. The van der Waals surface area contributed by atoms with Crippen molar-refractivity contribution in [2.75, 3.05) is 7.05 Å². The van der Waals surface area contributed by atoms with E-state index in [0.29, 0.717) is 17.4 Å². The van der Waals surface area contributed by atoms with Gasteiger partial charge in [-0.15, -0.1) is 0 Å². The molecule has 6 nitrogen and oxygen atoms in total. The molecule has 0 saturated carbocycles. The lowest BCUT2D eigenvalue weighted by Crippen LogP contribution is -2.35. The van der Waals surface area contributed by atoms with Crippen molar-refractivity contribution in [3.05, 3.63) is 53.4 Å². The fourth-order valence-corrected chi connectivity index (χ4v) is 2.79. The van der Waals surface area contributed by atoms with Gasteiger partial charge in [-0.2, -0.15) is 18.3 Å². The molecule has 0 aromatic carbocycles. The number of rotatable bonds is 5. The van der Waals surface area contributed by atoms with Gasteiger partial charge >= 0.3 is 6.18 Å². The molecular formula is C18H19F3N4O2. The van der Waals surface area contributed by atoms with Gasteiger partial charge in [0.2, 0.25) is 0 Å². The van der Waals surface area contributed by atoms with Gasteiger partial charge in [0.1, 0.15) is 11.5 Å². The molecule has 27 heavy (non-hydrogen) atoms. The summed E-state index contributed by atoms with van der Waals surface area (Å²) in [5.74, 6) is 0.350. The van der Waals surface area contributed by atoms with Crippen LogP contribution in [0.25, 0.3) is 5.65 Å². The minimum absolute atomic E-state index is 0.0117. The van der Waals surface area contributed by atoms with Crippen molar-refractivity contribution in [3.63, 3.8) is 0 Å². The molecule has 0 radical (unpaired) electrons. The van der Waals surface area contributed by atoms with E-state index in [9.17, 15) is 18.0 Å². The van der Waals surface area contributed by atoms with E-state index in [1.165, 1.54) is 17.9 Å². The largest absolute Gasteiger partial charge is 0.469 e. The molecule has 9 heteroatoms. The summed E-state index contributed by atoms with van der Waals surface area (Å²) in [6.45, 7) is 3.33. The Hall–Kier alpha value is -2.84. The first-order valence-electron chi connectivity index (χ1n) is 8.41. The Labute approximate surface area is 153 Å². The lowest BCUT2D eigenvalue weighted by Gasteiger charge is -2.23. The molecule has 0 aliphatic heterocycles. The van der Waals surface area contributed by atoms with Crippen LogP contribution in [0.5, 0.6) is 0 Å². The summed E-state index contributed by atoms with van der Waals surface area (Å²) in [6, 6.07) is 5.68. The number of alkyl halides is 3. The fraction of sp³-hybridized carbons (Fsp3) is 0.389. The lowest BCUT2D eigenvalue weighted by molar-refractivity contribution is -0.142. The molecule has 0 aliphatic rings. The summed E-state index contributed by atoms with van der Waals surface area (Å²) >= 11 is 0. The van der Waals surface area contributed by atoms with E-state index in [2.05, 4.69) is 10.1 Å². The summed E-state index contributed by atoms with van der Waals surface area (Å²) in [5.41, 5.74) is -0.847. The highest BCUT2D eigenvalue weighted by atomic mass is 19.4. The van der Waals surface area contributed by atoms with Gasteiger partial charge in [0, 0.05) is 31.3 Å². The number of hydrogen-bond donors (Lipinski definition) is 0. The molecule has 1 amide bonds. The maximum Gasteiger partial charge on any atom is 0.433 e. The zero-order valence-corrected chi connectivity index (χ0v) is 15.1. The normalized spacial score (nSPS) is 13.1. The lowest BCUT2D eigenvalue weighted by atomic mass is 10.1. The third-order valence-electron chi connectivity index (χ3n) is 4.43. The molecule has 0 saturated heterocycles. The first-order chi connectivity index (χ1) is 12.7. The van der Waals surface area contributed by atoms with Crippen molar-refractivity contribution in [3.8, 4) is 0 Å². The molecule has 0 fully saturated rings. The van der Waals surface area contributed by atoms with E-state index in [4.69, 9.17) is 4.42 Å². The van der Waals surface area contributed by atoms with Crippen LogP contribution in [-0.4, -0.2) is 38.5 Å². The van der Waals surface area contributed by atoms with Crippen LogP contribution in [0.15, 0.2) is 34.9 Å². The summed E-state index contributed by atoms with van der Waals surface area (Å²) in [7, 11) is 1.60. The van der Waals surface area contributed by atoms with Crippen LogP contribution in [0.4, 0.5) is 13.2 Å². The molecule has 0 N–H and O–H groups in total. The first-order valence-corrected chi connectivity index (χ1v) is 8.41. The molecule has 3 aromatic rings. The highest BCUT2D eigenvalue weighted by Crippen LogP contribution is 2.30. The number of amides is 1. The molecule has 1 unspecified atom stereocenters. The quantitative estimate of drug-likeness (QED) is 0.676. The fourth-order valence-electron chi connectivity index (χ4n) is 2.79. The molecule has 0 spiro atoms. The predicted octanol–water partition coefficient (Wildman–Crippen LogP) is 3.74. The molecule has 3 rings (SSSR count). The van der Waals surface area contributed by atoms with E-state index >= 15 is 0 Å². The second-order valence-corrected chi connectivity index (χ2v) is 6.46. The Kier molecular flexibility index (Phi) is 4.95. The van der Waals surface area contributed by atoms with Crippen molar-refractivity contribution >= 4 is 11.6 Å². The molecule has 0 bridgehead atoms. The average Bonchev–Trinajstić information content (AvgIpc) is 3.25. The number of carbonyl (C=O) groups excluding carboxylic acids is 1. The van der Waals surface area contributed by atoms with Gasteiger partial charge in [-0.25, -0.2) is 9.50 Å². The molecule has 3 aromatic heterocycles. The van der Waals surface area contributed by atoms with Crippen molar-refractivity contribution < 1.29 is 22.4 Å². The Balaban J connectivity index is 1.82.